The van der Waals surface area contributed by atoms with Crippen LogP contribution in [-0.2, 0) is 16.1 Å². The van der Waals surface area contributed by atoms with Gasteiger partial charge in [0.25, 0.3) is 0 Å². The Labute approximate surface area is 194 Å². The number of hydrogen-bond acceptors (Lipinski definition) is 3. The third kappa shape index (κ3) is 6.29. The van der Waals surface area contributed by atoms with Gasteiger partial charge in [0.1, 0.15) is 24.1 Å². The second-order valence-electron chi connectivity index (χ2n) is 7.67. The van der Waals surface area contributed by atoms with Gasteiger partial charge in [-0.15, -0.1) is 0 Å². The minimum absolute atomic E-state index is 0.200. The quantitative estimate of drug-likeness (QED) is 0.275. The molecule has 3 nitrogen and oxygen atoms in total. The minimum atomic E-state index is -1.64. The molecule has 0 unspecified atom stereocenters. The van der Waals surface area contributed by atoms with Crippen LogP contribution in [0.15, 0.2) is 42.5 Å². The summed E-state index contributed by atoms with van der Waals surface area (Å²) >= 11 is 0. The molecule has 3 aromatic rings. The topological polar surface area (TPSA) is 27.7 Å². The highest BCUT2D eigenvalue weighted by atomic mass is 19.3. The van der Waals surface area contributed by atoms with Gasteiger partial charge in [0, 0.05) is 27.6 Å². The molecule has 0 spiro atoms. The molecular formula is C24H18F8O3. The Morgan fingerprint density at radius 3 is 1.86 bits per heavy atom. The number of alkyl halides is 1. The predicted octanol–water partition coefficient (Wildman–Crippen LogP) is 7.29. The van der Waals surface area contributed by atoms with E-state index in [2.05, 4.69) is 4.94 Å². The summed E-state index contributed by atoms with van der Waals surface area (Å²) in [7, 11) is 0. The van der Waals surface area contributed by atoms with Gasteiger partial charge in [0.15, 0.2) is 29.5 Å². The molecule has 35 heavy (non-hydrogen) atoms. The molecule has 3 aromatic carbocycles. The van der Waals surface area contributed by atoms with E-state index in [1.165, 1.54) is 0 Å². The maximum absolute atomic E-state index is 13.5. The van der Waals surface area contributed by atoms with E-state index < -0.39 is 53.4 Å². The van der Waals surface area contributed by atoms with E-state index in [-0.39, 0.29) is 28.4 Å². The van der Waals surface area contributed by atoms with Crippen LogP contribution in [-0.4, -0.2) is 13.2 Å². The summed E-state index contributed by atoms with van der Waals surface area (Å²) in [6.45, 7) is 1.72. The van der Waals surface area contributed by atoms with E-state index in [0.29, 0.717) is 31.4 Å². The first-order chi connectivity index (χ1) is 16.6. The summed E-state index contributed by atoms with van der Waals surface area (Å²) in [6.07, 6.45) is -0.774. The van der Waals surface area contributed by atoms with Gasteiger partial charge in [0.05, 0.1) is 18.8 Å². The highest BCUT2D eigenvalue weighted by molar-refractivity contribution is 5.65. The zero-order valence-corrected chi connectivity index (χ0v) is 18.1. The molecule has 1 heterocycles. The van der Waals surface area contributed by atoms with Gasteiger partial charge in [-0.3, -0.25) is 4.94 Å². The molecule has 1 aliphatic heterocycles. The van der Waals surface area contributed by atoms with Gasteiger partial charge < -0.3 is 9.47 Å². The molecule has 0 saturated carbocycles. The summed E-state index contributed by atoms with van der Waals surface area (Å²) in [4.78, 5) is 3.30. The molecule has 0 aromatic heterocycles. The lowest BCUT2D eigenvalue weighted by Crippen LogP contribution is -2.25. The van der Waals surface area contributed by atoms with Crippen LogP contribution in [0.4, 0.5) is 35.3 Å². The average molecular weight is 506 g/mol. The monoisotopic (exact) mass is 506 g/mol. The highest BCUT2D eigenvalue weighted by Crippen LogP contribution is 2.29. The Balaban J connectivity index is 0.000000196. The van der Waals surface area contributed by atoms with Gasteiger partial charge in [-0.05, 0) is 42.0 Å². The van der Waals surface area contributed by atoms with Gasteiger partial charge in [-0.25, -0.2) is 30.7 Å². The van der Waals surface area contributed by atoms with Crippen molar-refractivity contribution in [3.8, 4) is 16.9 Å². The summed E-state index contributed by atoms with van der Waals surface area (Å²) in [6, 6.07) is 6.24. The Morgan fingerprint density at radius 2 is 1.37 bits per heavy atom. The minimum Gasteiger partial charge on any atom is -0.348 e. The maximum Gasteiger partial charge on any atom is 0.194 e. The molecule has 11 heteroatoms. The van der Waals surface area contributed by atoms with Crippen molar-refractivity contribution in [2.75, 3.05) is 13.2 Å². The Hall–Kier alpha value is -3.18. The molecule has 1 fully saturated rings. The fourth-order valence-electron chi connectivity index (χ4n) is 3.17. The molecule has 1 saturated heterocycles. The largest absolute Gasteiger partial charge is 0.348 e. The lowest BCUT2D eigenvalue weighted by Gasteiger charge is -2.27. The number of hydrogen-bond donors (Lipinski definition) is 0. The van der Waals surface area contributed by atoms with Crippen molar-refractivity contribution >= 4 is 0 Å². The number of rotatable bonds is 4. The molecule has 0 atom stereocenters. The van der Waals surface area contributed by atoms with Crippen LogP contribution >= 0.6 is 0 Å². The molecular weight excluding hydrogens is 488 g/mol. The summed E-state index contributed by atoms with van der Waals surface area (Å²) in [5.74, 6) is -7.41. The Kier molecular flexibility index (Phi) is 8.68. The molecule has 1 aliphatic rings. The van der Waals surface area contributed by atoms with Crippen LogP contribution in [0, 0.1) is 40.8 Å². The van der Waals surface area contributed by atoms with Crippen LogP contribution < -0.4 is 4.94 Å². The lowest BCUT2D eigenvalue weighted by molar-refractivity contribution is -0.202. The first-order valence-electron chi connectivity index (χ1n) is 10.1. The van der Waals surface area contributed by atoms with Crippen LogP contribution in [0.2, 0.25) is 0 Å². The van der Waals surface area contributed by atoms with Crippen molar-refractivity contribution in [3.63, 3.8) is 0 Å². The van der Waals surface area contributed by atoms with Crippen LogP contribution in [0.25, 0.3) is 11.1 Å². The van der Waals surface area contributed by atoms with E-state index in [1.807, 2.05) is 6.92 Å². The first-order valence-corrected chi connectivity index (χ1v) is 10.1. The van der Waals surface area contributed by atoms with E-state index in [9.17, 15) is 35.3 Å². The maximum atomic E-state index is 13.5. The van der Waals surface area contributed by atoms with Gasteiger partial charge in [-0.2, -0.15) is 0 Å². The van der Waals surface area contributed by atoms with Crippen LogP contribution in [0.1, 0.15) is 24.3 Å². The number of benzene rings is 3. The van der Waals surface area contributed by atoms with E-state index in [1.54, 1.807) is 0 Å². The van der Waals surface area contributed by atoms with Gasteiger partial charge >= 0.3 is 0 Å². The van der Waals surface area contributed by atoms with Crippen molar-refractivity contribution in [1.82, 2.24) is 0 Å². The van der Waals surface area contributed by atoms with Gasteiger partial charge in [-0.1, -0.05) is 6.92 Å². The van der Waals surface area contributed by atoms with E-state index in [0.717, 1.165) is 24.3 Å². The van der Waals surface area contributed by atoms with Crippen LogP contribution in [0.5, 0.6) is 5.75 Å². The third-order valence-corrected chi connectivity index (χ3v) is 4.96. The third-order valence-electron chi connectivity index (χ3n) is 4.96. The fraction of sp³-hybridized carbons (Fsp3) is 0.250. The summed E-state index contributed by atoms with van der Waals surface area (Å²) in [5, 5.41) is 0. The lowest BCUT2D eigenvalue weighted by atomic mass is 10.0. The SMILES string of the molecule is CC1COC(c2cc(F)c(CF)c(F)c2)OC1.FOc1ccc(-c2cc(F)c(F)c(F)c2)c(F)c1. The molecule has 4 rings (SSSR count). The molecule has 0 radical (unpaired) electrons. The molecule has 0 bridgehead atoms. The summed E-state index contributed by atoms with van der Waals surface area (Å²) in [5.41, 5.74) is -0.718. The van der Waals surface area contributed by atoms with Crippen molar-refractivity contribution in [2.45, 2.75) is 19.9 Å². The molecule has 0 aliphatic carbocycles. The van der Waals surface area contributed by atoms with Crippen molar-refractivity contribution in [2.24, 2.45) is 5.92 Å². The van der Waals surface area contributed by atoms with Crippen molar-refractivity contribution in [1.29, 1.82) is 0 Å². The van der Waals surface area contributed by atoms with Gasteiger partial charge in [0.2, 0.25) is 0 Å². The van der Waals surface area contributed by atoms with Crippen molar-refractivity contribution in [3.05, 3.63) is 88.5 Å². The number of halogens is 8. The first kappa shape index (κ1) is 26.4. The van der Waals surface area contributed by atoms with E-state index in [4.69, 9.17) is 9.47 Å². The normalized spacial score (nSPS) is 17.5. The zero-order chi connectivity index (χ0) is 25.7. The predicted molar refractivity (Wildman–Crippen MR) is 108 cm³/mol. The smallest absolute Gasteiger partial charge is 0.194 e. The Morgan fingerprint density at radius 1 is 0.800 bits per heavy atom. The van der Waals surface area contributed by atoms with Crippen molar-refractivity contribution < 1.29 is 49.7 Å². The fourth-order valence-corrected chi connectivity index (χ4v) is 3.17. The second kappa shape index (κ2) is 11.5. The zero-order valence-electron chi connectivity index (χ0n) is 18.1. The standard InChI is InChI=1S/C12H5F5O.C12H13F3O2/c13-9-5-7(18-17)1-2-8(9)6-3-10(14)12(16)11(15)4-6;1-7-5-16-12(17-6-7)8-2-10(14)9(4-13)11(15)3-8/h1-5H;2-3,7,12H,4-6H2,1H3. The summed E-state index contributed by atoms with van der Waals surface area (Å²) < 4.78 is 114. The highest BCUT2D eigenvalue weighted by Gasteiger charge is 2.23. The molecule has 0 amide bonds. The molecule has 188 valence electrons. The van der Waals surface area contributed by atoms with E-state index >= 15 is 0 Å². The second-order valence-corrected chi connectivity index (χ2v) is 7.67. The number of ether oxygens (including phenoxy) is 2. The molecule has 0 N–H and O–H groups in total. The van der Waals surface area contributed by atoms with Crippen LogP contribution in [0.3, 0.4) is 0 Å². The Bertz CT molecular complexity index is 1130. The average Bonchev–Trinajstić information content (AvgIpc) is 2.82.